The van der Waals surface area contributed by atoms with Gasteiger partial charge in [-0.25, -0.2) is 0 Å². The Labute approximate surface area is 197 Å². The third-order valence-corrected chi connectivity index (χ3v) is 8.09. The topological polar surface area (TPSA) is 51.2 Å². The number of nitrogens with zero attached hydrogens (tertiary/aromatic N) is 1. The molecule has 5 rings (SSSR count). The Balaban J connectivity index is 1.36. The van der Waals surface area contributed by atoms with E-state index in [9.17, 15) is 5.11 Å². The summed E-state index contributed by atoms with van der Waals surface area (Å²) >= 11 is 0. The van der Waals surface area contributed by atoms with Crippen LogP contribution in [0.5, 0.6) is 5.75 Å². The number of piperidine rings is 1. The summed E-state index contributed by atoms with van der Waals surface area (Å²) in [7, 11) is 3.46. The van der Waals surface area contributed by atoms with Crippen LogP contribution in [0.2, 0.25) is 0 Å². The lowest BCUT2D eigenvalue weighted by Crippen LogP contribution is -2.39. The van der Waals surface area contributed by atoms with Crippen molar-refractivity contribution in [1.29, 1.82) is 0 Å². The molecule has 1 saturated carbocycles. The number of rotatable bonds is 6. The van der Waals surface area contributed by atoms with E-state index in [1.807, 2.05) is 12.1 Å². The van der Waals surface area contributed by atoms with Crippen LogP contribution in [-0.2, 0) is 20.8 Å². The Morgan fingerprint density at radius 2 is 1.64 bits per heavy atom. The van der Waals surface area contributed by atoms with Crippen molar-refractivity contribution >= 4 is 5.69 Å². The van der Waals surface area contributed by atoms with Gasteiger partial charge < -0.3 is 24.2 Å². The molecule has 2 aliphatic heterocycles. The number of phenolic OH excluding ortho intramolecular Hbond substituents is 1. The number of aromatic hydroxyl groups is 1. The molecule has 2 fully saturated rings. The van der Waals surface area contributed by atoms with E-state index >= 15 is 0 Å². The molecule has 0 aromatic heterocycles. The summed E-state index contributed by atoms with van der Waals surface area (Å²) in [6, 6.07) is 15.0. The van der Waals surface area contributed by atoms with Crippen LogP contribution in [0.15, 0.2) is 42.5 Å². The van der Waals surface area contributed by atoms with Gasteiger partial charge in [0.1, 0.15) is 5.75 Å². The van der Waals surface area contributed by atoms with E-state index < -0.39 is 0 Å². The van der Waals surface area contributed by atoms with Gasteiger partial charge in [0.15, 0.2) is 6.29 Å². The largest absolute Gasteiger partial charge is 0.508 e. The molecular formula is C28H37NO4. The fourth-order valence-electron chi connectivity index (χ4n) is 6.35. The van der Waals surface area contributed by atoms with Gasteiger partial charge >= 0.3 is 0 Å². The van der Waals surface area contributed by atoms with Gasteiger partial charge in [-0.1, -0.05) is 31.0 Å². The number of phenols is 1. The third-order valence-electron chi connectivity index (χ3n) is 8.09. The average Bonchev–Trinajstić information content (AvgIpc) is 3.39. The summed E-state index contributed by atoms with van der Waals surface area (Å²) in [5.74, 6) is 1.61. The van der Waals surface area contributed by atoms with E-state index in [2.05, 4.69) is 35.2 Å². The van der Waals surface area contributed by atoms with Crippen molar-refractivity contribution in [2.45, 2.75) is 63.4 Å². The predicted molar refractivity (Wildman–Crippen MR) is 130 cm³/mol. The molecule has 0 amide bonds. The zero-order chi connectivity index (χ0) is 22.8. The van der Waals surface area contributed by atoms with Crippen LogP contribution in [-0.4, -0.2) is 44.8 Å². The van der Waals surface area contributed by atoms with Crippen molar-refractivity contribution in [3.8, 4) is 5.75 Å². The molecule has 3 aliphatic rings. The van der Waals surface area contributed by atoms with E-state index in [4.69, 9.17) is 14.2 Å². The predicted octanol–water partition coefficient (Wildman–Crippen LogP) is 5.45. The van der Waals surface area contributed by atoms with E-state index in [1.54, 1.807) is 14.2 Å². The second kappa shape index (κ2) is 10.0. The molecular weight excluding hydrogens is 414 g/mol. The number of ether oxygens (including phenoxy) is 3. The lowest BCUT2D eigenvalue weighted by molar-refractivity contribution is -0.141. The van der Waals surface area contributed by atoms with Gasteiger partial charge in [0.25, 0.3) is 0 Å². The van der Waals surface area contributed by atoms with Crippen molar-refractivity contribution < 1.29 is 19.3 Å². The molecule has 2 atom stereocenters. The summed E-state index contributed by atoms with van der Waals surface area (Å²) in [4.78, 5) is 2.47. The van der Waals surface area contributed by atoms with Crippen molar-refractivity contribution in [2.24, 2.45) is 11.8 Å². The first-order chi connectivity index (χ1) is 16.2. The lowest BCUT2D eigenvalue weighted by Gasteiger charge is -2.38. The SMILES string of the molecule is COC(OC)C1CCN(c2ccc([C@@H]3c4ccc(O)cc4CO[C@@H]3C3CCCC3)cc2)CC1. The zero-order valence-electron chi connectivity index (χ0n) is 19.9. The fraction of sp³-hybridized carbons (Fsp3) is 0.571. The highest BCUT2D eigenvalue weighted by molar-refractivity contribution is 5.51. The number of fused-ring (bicyclic) bond motifs is 1. The maximum absolute atomic E-state index is 10.0. The van der Waals surface area contributed by atoms with Crippen LogP contribution in [0.4, 0.5) is 5.69 Å². The maximum atomic E-state index is 10.0. The Hall–Kier alpha value is -2.08. The van der Waals surface area contributed by atoms with E-state index in [0.29, 0.717) is 24.2 Å². The highest BCUT2D eigenvalue weighted by Gasteiger charge is 2.38. The number of anilines is 1. The zero-order valence-corrected chi connectivity index (χ0v) is 19.9. The summed E-state index contributed by atoms with van der Waals surface area (Å²) < 4.78 is 17.4. The van der Waals surface area contributed by atoms with Gasteiger partial charge in [-0.15, -0.1) is 0 Å². The maximum Gasteiger partial charge on any atom is 0.159 e. The molecule has 2 aromatic carbocycles. The van der Waals surface area contributed by atoms with Crippen LogP contribution in [0.1, 0.15) is 61.1 Å². The van der Waals surface area contributed by atoms with Gasteiger partial charge in [0, 0.05) is 44.8 Å². The summed E-state index contributed by atoms with van der Waals surface area (Å²) in [5.41, 5.74) is 5.03. The Bertz CT molecular complexity index is 912. The smallest absolute Gasteiger partial charge is 0.159 e. The standard InChI is InChI=1S/C28H37NO4/c1-31-28(32-2)21-13-15-29(16-14-21)23-9-7-19(8-10-23)26-25-12-11-24(30)17-22(25)18-33-27(26)20-5-3-4-6-20/h7-12,17,20-21,26-28,30H,3-6,13-16,18H2,1-2H3/t26-,27-/m1/s1. The van der Waals surface area contributed by atoms with Crippen molar-refractivity contribution in [2.75, 3.05) is 32.2 Å². The van der Waals surface area contributed by atoms with Gasteiger partial charge in [0.05, 0.1) is 12.7 Å². The molecule has 2 heterocycles. The van der Waals surface area contributed by atoms with E-state index in [1.165, 1.54) is 42.5 Å². The highest BCUT2D eigenvalue weighted by Crippen LogP contribution is 2.45. The molecule has 178 valence electrons. The lowest BCUT2D eigenvalue weighted by atomic mass is 9.77. The molecule has 5 nitrogen and oxygen atoms in total. The minimum absolute atomic E-state index is 0.104. The van der Waals surface area contributed by atoms with Gasteiger partial charge in [-0.2, -0.15) is 0 Å². The van der Waals surface area contributed by atoms with E-state index in [0.717, 1.165) is 31.5 Å². The number of hydrogen-bond acceptors (Lipinski definition) is 5. The molecule has 0 spiro atoms. The second-order valence-electron chi connectivity index (χ2n) is 9.94. The second-order valence-corrected chi connectivity index (χ2v) is 9.94. The summed E-state index contributed by atoms with van der Waals surface area (Å²) in [6.07, 6.45) is 7.38. The highest BCUT2D eigenvalue weighted by atomic mass is 16.7. The molecule has 1 saturated heterocycles. The van der Waals surface area contributed by atoms with Crippen molar-refractivity contribution in [3.05, 3.63) is 59.2 Å². The normalized spacial score (nSPS) is 24.4. The Morgan fingerprint density at radius 3 is 2.30 bits per heavy atom. The van der Waals surface area contributed by atoms with Gasteiger partial charge in [0.2, 0.25) is 0 Å². The fourth-order valence-corrected chi connectivity index (χ4v) is 6.35. The number of hydrogen-bond donors (Lipinski definition) is 1. The first-order valence-corrected chi connectivity index (χ1v) is 12.5. The first kappa shape index (κ1) is 22.7. The minimum atomic E-state index is -0.104. The molecule has 33 heavy (non-hydrogen) atoms. The van der Waals surface area contributed by atoms with Crippen LogP contribution in [0.25, 0.3) is 0 Å². The molecule has 0 unspecified atom stereocenters. The minimum Gasteiger partial charge on any atom is -0.508 e. The van der Waals surface area contributed by atoms with Gasteiger partial charge in [-0.3, -0.25) is 0 Å². The van der Waals surface area contributed by atoms with E-state index in [-0.39, 0.29) is 18.3 Å². The molecule has 0 radical (unpaired) electrons. The summed E-state index contributed by atoms with van der Waals surface area (Å²) in [5, 5.41) is 10.0. The molecule has 1 N–H and O–H groups in total. The van der Waals surface area contributed by atoms with Crippen LogP contribution < -0.4 is 4.90 Å². The molecule has 0 bridgehead atoms. The number of methoxy groups -OCH3 is 2. The first-order valence-electron chi connectivity index (χ1n) is 12.5. The molecule has 1 aliphatic carbocycles. The van der Waals surface area contributed by atoms with Crippen LogP contribution in [0.3, 0.4) is 0 Å². The van der Waals surface area contributed by atoms with Crippen LogP contribution >= 0.6 is 0 Å². The van der Waals surface area contributed by atoms with Gasteiger partial charge in [-0.05, 0) is 72.6 Å². The summed E-state index contributed by atoms with van der Waals surface area (Å²) in [6.45, 7) is 2.64. The molecule has 5 heteroatoms. The van der Waals surface area contributed by atoms with Crippen molar-refractivity contribution in [3.63, 3.8) is 0 Å². The average molecular weight is 452 g/mol. The third kappa shape index (κ3) is 4.64. The van der Waals surface area contributed by atoms with Crippen molar-refractivity contribution in [1.82, 2.24) is 0 Å². The Kier molecular flexibility index (Phi) is 6.91. The quantitative estimate of drug-likeness (QED) is 0.592. The Morgan fingerprint density at radius 1 is 0.939 bits per heavy atom. The van der Waals surface area contributed by atoms with Crippen LogP contribution in [0, 0.1) is 11.8 Å². The monoisotopic (exact) mass is 451 g/mol. The number of benzene rings is 2. The molecule has 2 aromatic rings.